The highest BCUT2D eigenvalue weighted by molar-refractivity contribution is 6.06. The molecule has 0 atom stereocenters. The minimum Gasteiger partial charge on any atom is -0.394 e. The number of rotatable bonds is 3. The maximum atomic E-state index is 12.5. The first-order chi connectivity index (χ1) is 9.74. The van der Waals surface area contributed by atoms with Crippen molar-refractivity contribution in [3.8, 4) is 0 Å². The largest absolute Gasteiger partial charge is 0.394 e. The van der Waals surface area contributed by atoms with Crippen LogP contribution < -0.4 is 5.32 Å². The van der Waals surface area contributed by atoms with E-state index < -0.39 is 5.54 Å². The third-order valence-electron chi connectivity index (χ3n) is 4.15. The van der Waals surface area contributed by atoms with E-state index in [1.165, 1.54) is 0 Å². The van der Waals surface area contributed by atoms with Crippen molar-refractivity contribution in [1.29, 1.82) is 0 Å². The first kappa shape index (κ1) is 13.1. The Morgan fingerprint density at radius 3 is 2.75 bits per heavy atom. The lowest BCUT2D eigenvalue weighted by atomic mass is 9.97. The molecule has 0 radical (unpaired) electrons. The molecule has 1 saturated carbocycles. The number of aliphatic hydroxyl groups is 1. The summed E-state index contributed by atoms with van der Waals surface area (Å²) in [6.45, 7) is -0.00304. The van der Waals surface area contributed by atoms with Crippen LogP contribution in [0.4, 0.5) is 0 Å². The molecule has 0 saturated heterocycles. The second-order valence-electron chi connectivity index (χ2n) is 5.51. The van der Waals surface area contributed by atoms with Crippen molar-refractivity contribution in [2.24, 2.45) is 0 Å². The molecule has 1 aromatic carbocycles. The van der Waals surface area contributed by atoms with Crippen LogP contribution in [0, 0.1) is 0 Å². The summed E-state index contributed by atoms with van der Waals surface area (Å²) in [5, 5.41) is 14.5. The van der Waals surface area contributed by atoms with Gasteiger partial charge in [0.05, 0.1) is 17.7 Å². The number of nitrogens with zero attached hydrogens (tertiary/aromatic N) is 1. The lowest BCUT2D eigenvalue weighted by Crippen LogP contribution is -2.49. The van der Waals surface area contributed by atoms with Crippen molar-refractivity contribution in [2.45, 2.75) is 31.2 Å². The van der Waals surface area contributed by atoms with Crippen LogP contribution in [0.3, 0.4) is 0 Å². The third kappa shape index (κ3) is 2.27. The zero-order valence-electron chi connectivity index (χ0n) is 11.3. The first-order valence-electron chi connectivity index (χ1n) is 7.00. The number of hydrogen-bond acceptors (Lipinski definition) is 3. The zero-order valence-corrected chi connectivity index (χ0v) is 11.3. The van der Waals surface area contributed by atoms with E-state index in [1.54, 1.807) is 12.4 Å². The molecular weight excluding hydrogens is 252 g/mol. The molecule has 2 aromatic rings. The van der Waals surface area contributed by atoms with Gasteiger partial charge in [0.25, 0.3) is 5.91 Å². The van der Waals surface area contributed by atoms with Crippen LogP contribution in [0.15, 0.2) is 36.7 Å². The summed E-state index contributed by atoms with van der Waals surface area (Å²) in [6.07, 6.45) is 7.13. The van der Waals surface area contributed by atoms with E-state index in [2.05, 4.69) is 10.3 Å². The standard InChI is InChI=1S/C16H18N2O2/c19-11-16(7-3-4-8-16)18-15(20)14-10-17-9-12-5-1-2-6-13(12)14/h1-2,5-6,9-10,19H,3-4,7-8,11H2,(H,18,20). The van der Waals surface area contributed by atoms with Crippen molar-refractivity contribution >= 4 is 16.7 Å². The summed E-state index contributed by atoms with van der Waals surface area (Å²) in [7, 11) is 0. The summed E-state index contributed by atoms with van der Waals surface area (Å²) < 4.78 is 0. The van der Waals surface area contributed by atoms with Gasteiger partial charge in [-0.15, -0.1) is 0 Å². The van der Waals surface area contributed by atoms with E-state index >= 15 is 0 Å². The molecule has 2 N–H and O–H groups in total. The molecule has 1 amide bonds. The number of aromatic nitrogens is 1. The smallest absolute Gasteiger partial charge is 0.253 e. The average molecular weight is 270 g/mol. The van der Waals surface area contributed by atoms with E-state index in [-0.39, 0.29) is 12.5 Å². The molecule has 4 nitrogen and oxygen atoms in total. The molecule has 1 aliphatic carbocycles. The zero-order chi connectivity index (χ0) is 14.0. The van der Waals surface area contributed by atoms with Gasteiger partial charge in [0, 0.05) is 17.8 Å². The number of pyridine rings is 1. The Balaban J connectivity index is 1.93. The van der Waals surface area contributed by atoms with Crippen molar-refractivity contribution in [1.82, 2.24) is 10.3 Å². The minimum absolute atomic E-state index is 0.00304. The highest BCUT2D eigenvalue weighted by Crippen LogP contribution is 2.30. The molecule has 0 spiro atoms. The predicted octanol–water partition coefficient (Wildman–Crippen LogP) is 2.27. The molecule has 1 fully saturated rings. The number of nitrogens with one attached hydrogen (secondary N) is 1. The van der Waals surface area contributed by atoms with Crippen LogP contribution >= 0.6 is 0 Å². The van der Waals surface area contributed by atoms with Crippen LogP contribution in [-0.2, 0) is 0 Å². The number of aliphatic hydroxyl groups excluding tert-OH is 1. The SMILES string of the molecule is O=C(NC1(CO)CCCC1)c1cncc2ccccc12. The van der Waals surface area contributed by atoms with Gasteiger partial charge in [0.2, 0.25) is 0 Å². The summed E-state index contributed by atoms with van der Waals surface area (Å²) in [6, 6.07) is 7.71. The number of benzene rings is 1. The van der Waals surface area contributed by atoms with Crippen LogP contribution in [0.1, 0.15) is 36.0 Å². The molecule has 4 heteroatoms. The van der Waals surface area contributed by atoms with Gasteiger partial charge in [-0.3, -0.25) is 9.78 Å². The van der Waals surface area contributed by atoms with Gasteiger partial charge in [-0.2, -0.15) is 0 Å². The highest BCUT2D eigenvalue weighted by Gasteiger charge is 2.35. The molecule has 1 aromatic heterocycles. The Morgan fingerprint density at radius 2 is 2.00 bits per heavy atom. The van der Waals surface area contributed by atoms with Gasteiger partial charge >= 0.3 is 0 Å². The average Bonchev–Trinajstić information content (AvgIpc) is 2.95. The van der Waals surface area contributed by atoms with E-state index in [1.807, 2.05) is 24.3 Å². The first-order valence-corrected chi connectivity index (χ1v) is 7.00. The number of amides is 1. The van der Waals surface area contributed by atoms with Crippen molar-refractivity contribution < 1.29 is 9.90 Å². The van der Waals surface area contributed by atoms with Gasteiger partial charge < -0.3 is 10.4 Å². The Bertz CT molecular complexity index is 628. The lowest BCUT2D eigenvalue weighted by Gasteiger charge is -2.28. The maximum absolute atomic E-state index is 12.5. The minimum atomic E-state index is -0.450. The summed E-state index contributed by atoms with van der Waals surface area (Å²) in [5.41, 5.74) is 0.122. The second-order valence-corrected chi connectivity index (χ2v) is 5.51. The maximum Gasteiger partial charge on any atom is 0.253 e. The van der Waals surface area contributed by atoms with E-state index in [0.29, 0.717) is 5.56 Å². The highest BCUT2D eigenvalue weighted by atomic mass is 16.3. The molecule has 0 bridgehead atoms. The van der Waals surface area contributed by atoms with Crippen molar-refractivity contribution in [3.05, 3.63) is 42.2 Å². The quantitative estimate of drug-likeness (QED) is 0.899. The van der Waals surface area contributed by atoms with Gasteiger partial charge in [0.1, 0.15) is 0 Å². The fourth-order valence-electron chi connectivity index (χ4n) is 2.98. The number of fused-ring (bicyclic) bond motifs is 1. The normalized spacial score (nSPS) is 17.2. The molecule has 3 rings (SSSR count). The van der Waals surface area contributed by atoms with E-state index in [0.717, 1.165) is 36.5 Å². The second kappa shape index (κ2) is 5.21. The molecular formula is C16H18N2O2. The monoisotopic (exact) mass is 270 g/mol. The van der Waals surface area contributed by atoms with Crippen molar-refractivity contribution in [2.75, 3.05) is 6.61 Å². The Morgan fingerprint density at radius 1 is 1.25 bits per heavy atom. The fourth-order valence-corrected chi connectivity index (χ4v) is 2.98. The lowest BCUT2D eigenvalue weighted by molar-refractivity contribution is 0.0840. The summed E-state index contributed by atoms with van der Waals surface area (Å²) >= 11 is 0. The molecule has 20 heavy (non-hydrogen) atoms. The van der Waals surface area contributed by atoms with Crippen LogP contribution in [0.2, 0.25) is 0 Å². The molecule has 0 aliphatic heterocycles. The molecule has 1 heterocycles. The topological polar surface area (TPSA) is 62.2 Å². The van der Waals surface area contributed by atoms with Gasteiger partial charge in [0.15, 0.2) is 0 Å². The van der Waals surface area contributed by atoms with Gasteiger partial charge in [-0.05, 0) is 18.2 Å². The van der Waals surface area contributed by atoms with Crippen LogP contribution in [0.5, 0.6) is 0 Å². The Hall–Kier alpha value is -1.94. The van der Waals surface area contributed by atoms with Gasteiger partial charge in [-0.25, -0.2) is 0 Å². The van der Waals surface area contributed by atoms with Gasteiger partial charge in [-0.1, -0.05) is 37.1 Å². The van der Waals surface area contributed by atoms with E-state index in [9.17, 15) is 9.90 Å². The van der Waals surface area contributed by atoms with Crippen molar-refractivity contribution in [3.63, 3.8) is 0 Å². The van der Waals surface area contributed by atoms with Crippen LogP contribution in [-0.4, -0.2) is 28.1 Å². The molecule has 0 unspecified atom stereocenters. The van der Waals surface area contributed by atoms with E-state index in [4.69, 9.17) is 0 Å². The molecule has 104 valence electrons. The summed E-state index contributed by atoms with van der Waals surface area (Å²) in [4.78, 5) is 16.7. The number of carbonyl (C=O) groups excluding carboxylic acids is 1. The Labute approximate surface area is 117 Å². The number of carbonyl (C=O) groups is 1. The number of hydrogen-bond donors (Lipinski definition) is 2. The third-order valence-corrected chi connectivity index (χ3v) is 4.15. The molecule has 1 aliphatic rings. The predicted molar refractivity (Wildman–Crippen MR) is 77.5 cm³/mol. The Kier molecular flexibility index (Phi) is 3.40. The fraction of sp³-hybridized carbons (Fsp3) is 0.375. The van der Waals surface area contributed by atoms with Crippen LogP contribution in [0.25, 0.3) is 10.8 Å². The summed E-state index contributed by atoms with van der Waals surface area (Å²) in [5.74, 6) is -0.148.